The van der Waals surface area contributed by atoms with Gasteiger partial charge in [0.1, 0.15) is 0 Å². The summed E-state index contributed by atoms with van der Waals surface area (Å²) in [6.07, 6.45) is 1.23. The molecule has 5 nitrogen and oxygen atoms in total. The molecule has 0 radical (unpaired) electrons. The van der Waals surface area contributed by atoms with Gasteiger partial charge in [-0.3, -0.25) is 0 Å². The zero-order valence-electron chi connectivity index (χ0n) is 13.6. The number of sulfone groups is 1. The number of nitrogens with zero attached hydrogens (tertiary/aromatic N) is 2. The van der Waals surface area contributed by atoms with Gasteiger partial charge in [-0.15, -0.1) is 10.2 Å². The Balaban J connectivity index is 1.41. The molecular weight excluding hydrogens is 356 g/mol. The fourth-order valence-electron chi connectivity index (χ4n) is 3.22. The standard InChI is InChI=1S/C18H18N2O3S2/c21-25(22)9-8-13(12-25)10-17-19-20-18(23-17)24-11-15-6-3-5-14-4-1-2-7-16(14)15/h1-7,13H,8-12H2. The molecule has 1 unspecified atom stereocenters. The highest BCUT2D eigenvalue weighted by Crippen LogP contribution is 2.28. The van der Waals surface area contributed by atoms with Crippen LogP contribution >= 0.6 is 11.8 Å². The van der Waals surface area contributed by atoms with Crippen LogP contribution in [0, 0.1) is 5.92 Å². The van der Waals surface area contributed by atoms with Gasteiger partial charge in [-0.05, 0) is 28.7 Å². The number of hydrogen-bond acceptors (Lipinski definition) is 6. The van der Waals surface area contributed by atoms with Crippen molar-refractivity contribution in [3.8, 4) is 0 Å². The van der Waals surface area contributed by atoms with Crippen molar-refractivity contribution in [2.45, 2.75) is 23.8 Å². The number of fused-ring (bicyclic) bond motifs is 1. The van der Waals surface area contributed by atoms with Gasteiger partial charge in [-0.25, -0.2) is 8.42 Å². The normalized spacial score (nSPS) is 19.4. The molecule has 1 aromatic heterocycles. The van der Waals surface area contributed by atoms with Gasteiger partial charge in [0.2, 0.25) is 5.89 Å². The monoisotopic (exact) mass is 374 g/mol. The highest BCUT2D eigenvalue weighted by molar-refractivity contribution is 7.98. The third kappa shape index (κ3) is 3.88. The maximum absolute atomic E-state index is 11.5. The molecule has 0 saturated carbocycles. The zero-order valence-corrected chi connectivity index (χ0v) is 15.2. The van der Waals surface area contributed by atoms with Gasteiger partial charge in [0.25, 0.3) is 5.22 Å². The fraction of sp³-hybridized carbons (Fsp3) is 0.333. The minimum absolute atomic E-state index is 0.0985. The summed E-state index contributed by atoms with van der Waals surface area (Å²) in [4.78, 5) is 0. The molecule has 4 rings (SSSR count). The minimum atomic E-state index is -2.87. The van der Waals surface area contributed by atoms with Gasteiger partial charge in [0, 0.05) is 12.2 Å². The SMILES string of the molecule is O=S1(=O)CCC(Cc2nnc(SCc3cccc4ccccc34)o2)C1. The highest BCUT2D eigenvalue weighted by atomic mass is 32.2. The van der Waals surface area contributed by atoms with E-state index in [9.17, 15) is 8.42 Å². The third-order valence-corrected chi connectivity index (χ3v) is 7.17. The molecule has 2 aromatic carbocycles. The van der Waals surface area contributed by atoms with E-state index in [-0.39, 0.29) is 17.4 Å². The predicted octanol–water partition coefficient (Wildman–Crippen LogP) is 3.49. The number of benzene rings is 2. The van der Waals surface area contributed by atoms with E-state index < -0.39 is 9.84 Å². The lowest BCUT2D eigenvalue weighted by Gasteiger charge is -2.04. The molecule has 1 saturated heterocycles. The summed E-state index contributed by atoms with van der Waals surface area (Å²) in [6, 6.07) is 14.6. The average molecular weight is 374 g/mol. The topological polar surface area (TPSA) is 73.1 Å². The Kier molecular flexibility index (Phi) is 4.52. The first-order chi connectivity index (χ1) is 12.1. The summed E-state index contributed by atoms with van der Waals surface area (Å²) >= 11 is 1.51. The summed E-state index contributed by atoms with van der Waals surface area (Å²) in [5.74, 6) is 1.88. The Morgan fingerprint density at radius 1 is 1.12 bits per heavy atom. The van der Waals surface area contributed by atoms with Crippen LogP contribution in [0.2, 0.25) is 0 Å². The largest absolute Gasteiger partial charge is 0.416 e. The van der Waals surface area contributed by atoms with Gasteiger partial charge in [-0.2, -0.15) is 0 Å². The highest BCUT2D eigenvalue weighted by Gasteiger charge is 2.29. The summed E-state index contributed by atoms with van der Waals surface area (Å²) in [6.45, 7) is 0. The fourth-order valence-corrected chi connectivity index (χ4v) is 5.86. The first-order valence-electron chi connectivity index (χ1n) is 8.21. The van der Waals surface area contributed by atoms with Crippen LogP contribution in [0.5, 0.6) is 0 Å². The Bertz CT molecular complexity index is 993. The van der Waals surface area contributed by atoms with E-state index in [0.29, 0.717) is 24.0 Å². The number of aromatic nitrogens is 2. The van der Waals surface area contributed by atoms with Crippen LogP contribution in [-0.4, -0.2) is 30.1 Å². The molecule has 0 spiro atoms. The molecule has 7 heteroatoms. The van der Waals surface area contributed by atoms with Crippen LogP contribution in [0.1, 0.15) is 17.9 Å². The van der Waals surface area contributed by atoms with E-state index in [2.05, 4.69) is 40.5 Å². The van der Waals surface area contributed by atoms with Crippen LogP contribution in [0.4, 0.5) is 0 Å². The van der Waals surface area contributed by atoms with E-state index in [1.54, 1.807) is 0 Å². The first kappa shape index (κ1) is 16.6. The molecule has 0 aliphatic carbocycles. The molecule has 0 N–H and O–H groups in total. The Morgan fingerprint density at radius 2 is 1.96 bits per heavy atom. The van der Waals surface area contributed by atoms with Crippen LogP contribution in [0.25, 0.3) is 10.8 Å². The molecule has 25 heavy (non-hydrogen) atoms. The summed E-state index contributed by atoms with van der Waals surface area (Å²) < 4.78 is 28.8. The van der Waals surface area contributed by atoms with Crippen molar-refractivity contribution in [1.82, 2.24) is 10.2 Å². The Labute approximate surface area is 150 Å². The second-order valence-corrected chi connectivity index (χ2v) is 9.52. The average Bonchev–Trinajstić information content (AvgIpc) is 3.19. The van der Waals surface area contributed by atoms with Crippen molar-refractivity contribution in [2.75, 3.05) is 11.5 Å². The molecule has 1 aliphatic heterocycles. The van der Waals surface area contributed by atoms with Crippen molar-refractivity contribution in [2.24, 2.45) is 5.92 Å². The summed E-state index contributed by atoms with van der Waals surface area (Å²) in [5.41, 5.74) is 1.23. The lowest BCUT2D eigenvalue weighted by atomic mass is 10.1. The van der Waals surface area contributed by atoms with E-state index in [0.717, 1.165) is 5.75 Å². The molecule has 0 bridgehead atoms. The molecule has 1 fully saturated rings. The first-order valence-corrected chi connectivity index (χ1v) is 11.0. The van der Waals surface area contributed by atoms with Gasteiger partial charge < -0.3 is 4.42 Å². The summed E-state index contributed by atoms with van der Waals surface area (Å²) in [5, 5.41) is 11.1. The van der Waals surface area contributed by atoms with E-state index >= 15 is 0 Å². The quantitative estimate of drug-likeness (QED) is 0.637. The molecule has 1 atom stereocenters. The van der Waals surface area contributed by atoms with Gasteiger partial charge in [0.15, 0.2) is 9.84 Å². The lowest BCUT2D eigenvalue weighted by molar-refractivity contribution is 0.389. The van der Waals surface area contributed by atoms with Crippen molar-refractivity contribution in [3.05, 3.63) is 53.9 Å². The third-order valence-electron chi connectivity index (χ3n) is 4.47. The maximum atomic E-state index is 11.5. The van der Waals surface area contributed by atoms with Crippen LogP contribution in [-0.2, 0) is 22.0 Å². The van der Waals surface area contributed by atoms with Crippen LogP contribution in [0.15, 0.2) is 52.1 Å². The zero-order chi connectivity index (χ0) is 17.3. The smallest absolute Gasteiger partial charge is 0.276 e. The molecular formula is C18H18N2O3S2. The minimum Gasteiger partial charge on any atom is -0.416 e. The van der Waals surface area contributed by atoms with Crippen LogP contribution < -0.4 is 0 Å². The molecule has 130 valence electrons. The number of thioether (sulfide) groups is 1. The lowest BCUT2D eigenvalue weighted by Crippen LogP contribution is -2.07. The van der Waals surface area contributed by atoms with Gasteiger partial charge in [-0.1, -0.05) is 54.2 Å². The molecule has 1 aliphatic rings. The van der Waals surface area contributed by atoms with Crippen molar-refractivity contribution in [1.29, 1.82) is 0 Å². The van der Waals surface area contributed by atoms with E-state index in [1.165, 1.54) is 28.1 Å². The molecule has 3 aromatic rings. The van der Waals surface area contributed by atoms with E-state index in [4.69, 9.17) is 4.42 Å². The summed E-state index contributed by atoms with van der Waals surface area (Å²) in [7, 11) is -2.87. The van der Waals surface area contributed by atoms with Crippen molar-refractivity contribution >= 4 is 32.4 Å². The molecule has 0 amide bonds. The number of hydrogen-bond donors (Lipinski definition) is 0. The van der Waals surface area contributed by atoms with Crippen molar-refractivity contribution < 1.29 is 12.8 Å². The van der Waals surface area contributed by atoms with Gasteiger partial charge >= 0.3 is 0 Å². The second-order valence-electron chi connectivity index (χ2n) is 6.36. The Morgan fingerprint density at radius 3 is 2.80 bits per heavy atom. The van der Waals surface area contributed by atoms with Crippen LogP contribution in [0.3, 0.4) is 0 Å². The Hall–Kier alpha value is -1.86. The molecule has 2 heterocycles. The maximum Gasteiger partial charge on any atom is 0.276 e. The van der Waals surface area contributed by atoms with E-state index in [1.807, 2.05) is 12.1 Å². The van der Waals surface area contributed by atoms with Crippen molar-refractivity contribution in [3.63, 3.8) is 0 Å². The number of rotatable bonds is 5. The second kappa shape index (κ2) is 6.80. The van der Waals surface area contributed by atoms with Gasteiger partial charge in [0.05, 0.1) is 11.5 Å². The predicted molar refractivity (Wildman–Crippen MR) is 98.3 cm³/mol.